The molecule has 1 aliphatic heterocycles. The number of phosphoric ester groups is 1. The molecular formula is C36H71N3O8P+. The van der Waals surface area contributed by atoms with Crippen LogP contribution >= 0.6 is 7.82 Å². The van der Waals surface area contributed by atoms with Gasteiger partial charge in [0.25, 0.3) is 0 Å². The maximum Gasteiger partial charge on any atom is 0.472 e. The van der Waals surface area contributed by atoms with E-state index in [1.165, 1.54) is 89.9 Å². The number of carbonyl (C=O) groups is 2. The number of ether oxygens (including phenoxy) is 2. The first-order valence-electron chi connectivity index (χ1n) is 19.1. The van der Waals surface area contributed by atoms with Gasteiger partial charge in [-0.25, -0.2) is 4.57 Å². The van der Waals surface area contributed by atoms with Crippen LogP contribution in [-0.4, -0.2) is 80.6 Å². The molecule has 48 heavy (non-hydrogen) atoms. The molecule has 0 saturated heterocycles. The number of esters is 2. The number of hydrogen-bond donors (Lipinski definition) is 1. The van der Waals surface area contributed by atoms with E-state index in [1.807, 2.05) is 21.1 Å². The number of likely N-dealkylation sites (N-methyl/N-ethyl adjacent to an activating group) is 1. The Balaban J connectivity index is 2.42. The molecule has 282 valence electrons. The molecule has 12 heteroatoms. The summed E-state index contributed by atoms with van der Waals surface area (Å²) in [6.07, 6.45) is 23.2. The quantitative estimate of drug-likeness (QED) is 0.0303. The van der Waals surface area contributed by atoms with Crippen LogP contribution in [0.1, 0.15) is 162 Å². The molecule has 0 aliphatic carbocycles. The van der Waals surface area contributed by atoms with Gasteiger partial charge in [-0.05, 0) is 32.1 Å². The van der Waals surface area contributed by atoms with Crippen LogP contribution in [0.5, 0.6) is 0 Å². The van der Waals surface area contributed by atoms with Gasteiger partial charge < -0.3 is 18.9 Å². The summed E-state index contributed by atoms with van der Waals surface area (Å²) in [5.74, 6) is -0.877. The minimum atomic E-state index is -4.39. The normalized spacial score (nSPS) is 15.6. The molecule has 0 fully saturated rings. The predicted molar refractivity (Wildman–Crippen MR) is 191 cm³/mol. The van der Waals surface area contributed by atoms with Crippen molar-refractivity contribution in [2.45, 2.75) is 173 Å². The second-order valence-corrected chi connectivity index (χ2v) is 16.1. The number of phosphoric acid groups is 1. The Morgan fingerprint density at radius 1 is 0.667 bits per heavy atom. The Morgan fingerprint density at radius 2 is 1.15 bits per heavy atom. The Bertz CT molecular complexity index is 921. The third-order valence-electron chi connectivity index (χ3n) is 8.67. The van der Waals surface area contributed by atoms with Crippen molar-refractivity contribution in [3.05, 3.63) is 0 Å². The molecule has 0 aromatic carbocycles. The lowest BCUT2D eigenvalue weighted by Gasteiger charge is -2.24. The van der Waals surface area contributed by atoms with Crippen molar-refractivity contribution in [3.8, 4) is 0 Å². The fraction of sp³-hybridized carbons (Fsp3) is 0.944. The van der Waals surface area contributed by atoms with Gasteiger partial charge >= 0.3 is 19.8 Å². The summed E-state index contributed by atoms with van der Waals surface area (Å²) in [7, 11) is 1.43. The molecular weight excluding hydrogens is 633 g/mol. The molecule has 1 aliphatic rings. The lowest BCUT2D eigenvalue weighted by Crippen LogP contribution is -2.37. The first-order chi connectivity index (χ1) is 22.9. The van der Waals surface area contributed by atoms with Crippen LogP contribution in [0.15, 0.2) is 10.2 Å². The van der Waals surface area contributed by atoms with E-state index >= 15 is 0 Å². The number of unbranched alkanes of at least 4 members (excludes halogenated alkanes) is 16. The number of quaternary nitrogens is 1. The van der Waals surface area contributed by atoms with E-state index in [2.05, 4.69) is 24.1 Å². The van der Waals surface area contributed by atoms with Gasteiger partial charge in [0.1, 0.15) is 19.8 Å². The summed E-state index contributed by atoms with van der Waals surface area (Å²) in [4.78, 5) is 35.3. The molecule has 0 amide bonds. The van der Waals surface area contributed by atoms with Crippen molar-refractivity contribution >= 4 is 19.8 Å². The van der Waals surface area contributed by atoms with Gasteiger partial charge in [-0.1, -0.05) is 117 Å². The van der Waals surface area contributed by atoms with Crippen molar-refractivity contribution in [2.24, 2.45) is 10.2 Å². The van der Waals surface area contributed by atoms with Crippen molar-refractivity contribution in [3.63, 3.8) is 0 Å². The monoisotopic (exact) mass is 704 g/mol. The largest absolute Gasteiger partial charge is 0.472 e. The van der Waals surface area contributed by atoms with Crippen LogP contribution < -0.4 is 0 Å². The summed E-state index contributed by atoms with van der Waals surface area (Å²) in [5, 5.41) is 8.53. The van der Waals surface area contributed by atoms with Gasteiger partial charge in [0.2, 0.25) is 0 Å². The van der Waals surface area contributed by atoms with E-state index in [9.17, 15) is 19.0 Å². The minimum absolute atomic E-state index is 0.0202. The maximum absolute atomic E-state index is 12.7. The summed E-state index contributed by atoms with van der Waals surface area (Å²) >= 11 is 0. The average molecular weight is 705 g/mol. The zero-order valence-electron chi connectivity index (χ0n) is 31.3. The second kappa shape index (κ2) is 26.4. The molecule has 0 aromatic rings. The fourth-order valence-electron chi connectivity index (χ4n) is 5.47. The fourth-order valence-corrected chi connectivity index (χ4v) is 6.22. The Morgan fingerprint density at radius 3 is 1.67 bits per heavy atom. The molecule has 0 aromatic heterocycles. The van der Waals surface area contributed by atoms with Crippen LogP contribution in [0.2, 0.25) is 0 Å². The van der Waals surface area contributed by atoms with E-state index in [-0.39, 0.29) is 37.7 Å². The summed E-state index contributed by atoms with van der Waals surface area (Å²) in [5.41, 5.74) is -0.359. The number of nitrogens with zero attached hydrogens (tertiary/aromatic N) is 3. The molecule has 0 saturated carbocycles. The molecule has 1 heterocycles. The number of carbonyl (C=O) groups excluding carboxylic acids is 2. The van der Waals surface area contributed by atoms with Gasteiger partial charge in [-0.2, -0.15) is 10.2 Å². The van der Waals surface area contributed by atoms with Crippen LogP contribution in [0.25, 0.3) is 0 Å². The topological polar surface area (TPSA) is 133 Å². The van der Waals surface area contributed by atoms with Crippen molar-refractivity contribution < 1.29 is 42.1 Å². The zero-order valence-corrected chi connectivity index (χ0v) is 32.2. The lowest BCUT2D eigenvalue weighted by molar-refractivity contribution is -0.870. The average Bonchev–Trinajstić information content (AvgIpc) is 3.79. The van der Waals surface area contributed by atoms with Gasteiger partial charge in [0.05, 0.1) is 27.7 Å². The van der Waals surface area contributed by atoms with Crippen LogP contribution in [0, 0.1) is 0 Å². The Kier molecular flexibility index (Phi) is 24.6. The Labute approximate surface area is 292 Å². The smallest absolute Gasteiger partial charge is 0.462 e. The second-order valence-electron chi connectivity index (χ2n) is 14.6. The molecule has 1 rings (SSSR count). The Hall–Kier alpha value is -1.39. The number of rotatable bonds is 34. The molecule has 2 unspecified atom stereocenters. The van der Waals surface area contributed by atoms with Crippen LogP contribution in [0.3, 0.4) is 0 Å². The van der Waals surface area contributed by atoms with Crippen molar-refractivity contribution in [1.29, 1.82) is 0 Å². The highest BCUT2D eigenvalue weighted by molar-refractivity contribution is 7.47. The van der Waals surface area contributed by atoms with Crippen LogP contribution in [-0.2, 0) is 32.7 Å². The molecule has 2 atom stereocenters. The highest BCUT2D eigenvalue weighted by atomic mass is 31.2. The number of hydrogen-bond acceptors (Lipinski definition) is 9. The highest BCUT2D eigenvalue weighted by Gasteiger charge is 2.38. The van der Waals surface area contributed by atoms with Gasteiger partial charge in [0.15, 0.2) is 11.8 Å². The molecule has 1 N–H and O–H groups in total. The van der Waals surface area contributed by atoms with E-state index < -0.39 is 26.5 Å². The van der Waals surface area contributed by atoms with Crippen molar-refractivity contribution in [1.82, 2.24) is 0 Å². The van der Waals surface area contributed by atoms with E-state index in [4.69, 9.17) is 18.5 Å². The predicted octanol–water partition coefficient (Wildman–Crippen LogP) is 9.46. The molecule has 0 radical (unpaired) electrons. The first kappa shape index (κ1) is 44.6. The minimum Gasteiger partial charge on any atom is -0.462 e. The molecule has 0 spiro atoms. The molecule has 11 nitrogen and oxygen atoms in total. The first-order valence-corrected chi connectivity index (χ1v) is 20.6. The third-order valence-corrected chi connectivity index (χ3v) is 9.66. The van der Waals surface area contributed by atoms with Crippen molar-refractivity contribution in [2.75, 3.05) is 47.5 Å². The van der Waals surface area contributed by atoms with Crippen LogP contribution in [0.4, 0.5) is 0 Å². The lowest BCUT2D eigenvalue weighted by atomic mass is 9.98. The van der Waals surface area contributed by atoms with Gasteiger partial charge in [-0.15, -0.1) is 0 Å². The van der Waals surface area contributed by atoms with E-state index in [0.29, 0.717) is 23.9 Å². The SMILES string of the molecule is CCCCCCCCCCCCCC(=O)OCC(COP(=O)(O)OCC[N+](C)(C)C)OC(=O)CCCC1(CCCCCCCCC)N=N1. The summed E-state index contributed by atoms with van der Waals surface area (Å²) < 4.78 is 34.2. The molecule has 0 bridgehead atoms. The zero-order chi connectivity index (χ0) is 35.6. The maximum atomic E-state index is 12.7. The van der Waals surface area contributed by atoms with Gasteiger partial charge in [0, 0.05) is 12.8 Å². The van der Waals surface area contributed by atoms with E-state index in [1.54, 1.807) is 0 Å². The highest BCUT2D eigenvalue weighted by Crippen LogP contribution is 2.43. The summed E-state index contributed by atoms with van der Waals surface area (Å²) in [6.45, 7) is 4.29. The van der Waals surface area contributed by atoms with E-state index in [0.717, 1.165) is 32.1 Å². The summed E-state index contributed by atoms with van der Waals surface area (Å²) in [6, 6.07) is 0. The van der Waals surface area contributed by atoms with Gasteiger partial charge in [-0.3, -0.25) is 18.6 Å². The third kappa shape index (κ3) is 26.5. The standard InChI is InChI=1S/C36H70N3O8P/c1-6-8-10-12-14-15-16-17-18-20-22-25-34(40)44-31-33(32-46-48(42,43)45-30-29-39(3,4)5)47-35(41)26-24-28-36(37-38-36)27-23-21-19-13-11-9-7-2/h33H,6-32H2,1-5H3/p+1.